The van der Waals surface area contributed by atoms with E-state index in [0.717, 1.165) is 5.56 Å². The second-order valence-electron chi connectivity index (χ2n) is 4.30. The Morgan fingerprint density at radius 2 is 2.11 bits per heavy atom. The molecule has 1 amide bonds. The van der Waals surface area contributed by atoms with E-state index in [1.165, 1.54) is 0 Å². The molecule has 2 atom stereocenters. The molecule has 1 saturated heterocycles. The molecule has 1 heterocycles. The molecule has 0 radical (unpaired) electrons. The Hall–Kier alpha value is -2.08. The maximum atomic E-state index is 11.5. The number of alkyl carbamates (subject to hydrolysis) is 1. The van der Waals surface area contributed by atoms with Crippen LogP contribution in [0, 0.1) is 0 Å². The first-order valence-corrected chi connectivity index (χ1v) is 5.97. The zero-order valence-corrected chi connectivity index (χ0v) is 10.2. The van der Waals surface area contributed by atoms with Crippen molar-refractivity contribution in [1.82, 2.24) is 5.32 Å². The number of carbonyl (C=O) groups is 2. The first kappa shape index (κ1) is 13.4. The molecule has 19 heavy (non-hydrogen) atoms. The first-order chi connectivity index (χ1) is 9.15. The average Bonchev–Trinajstić information content (AvgIpc) is 2.86. The van der Waals surface area contributed by atoms with Gasteiger partial charge in [-0.2, -0.15) is 0 Å². The van der Waals surface area contributed by atoms with Crippen LogP contribution in [-0.4, -0.2) is 35.9 Å². The molecule has 0 aliphatic carbocycles. The van der Waals surface area contributed by atoms with Gasteiger partial charge >= 0.3 is 12.1 Å². The van der Waals surface area contributed by atoms with E-state index >= 15 is 0 Å². The van der Waals surface area contributed by atoms with Crippen LogP contribution in [0.5, 0.6) is 0 Å². The molecule has 1 aliphatic heterocycles. The molecule has 1 fully saturated rings. The van der Waals surface area contributed by atoms with E-state index in [-0.39, 0.29) is 25.7 Å². The summed E-state index contributed by atoms with van der Waals surface area (Å²) in [6, 6.07) is 8.99. The minimum atomic E-state index is -1.01. The summed E-state index contributed by atoms with van der Waals surface area (Å²) in [7, 11) is 0. The average molecular weight is 265 g/mol. The molecule has 1 aromatic carbocycles. The van der Waals surface area contributed by atoms with E-state index in [4.69, 9.17) is 14.6 Å². The molecule has 0 aromatic heterocycles. The van der Waals surface area contributed by atoms with Gasteiger partial charge in [0.15, 0.2) is 6.10 Å². The molecule has 6 nitrogen and oxygen atoms in total. The van der Waals surface area contributed by atoms with Gasteiger partial charge in [0.05, 0.1) is 12.6 Å². The number of rotatable bonds is 4. The van der Waals surface area contributed by atoms with Crippen LogP contribution in [0.3, 0.4) is 0 Å². The van der Waals surface area contributed by atoms with Crippen LogP contribution in [0.15, 0.2) is 30.3 Å². The number of nitrogens with one attached hydrogen (secondary N) is 1. The van der Waals surface area contributed by atoms with Gasteiger partial charge in [0.2, 0.25) is 0 Å². The maximum Gasteiger partial charge on any atom is 0.407 e. The lowest BCUT2D eigenvalue weighted by molar-refractivity contribution is -0.147. The van der Waals surface area contributed by atoms with Crippen LogP contribution in [0.1, 0.15) is 12.0 Å². The van der Waals surface area contributed by atoms with Gasteiger partial charge in [-0.05, 0) is 5.56 Å². The highest BCUT2D eigenvalue weighted by molar-refractivity contribution is 5.73. The van der Waals surface area contributed by atoms with Gasteiger partial charge in [-0.3, -0.25) is 0 Å². The van der Waals surface area contributed by atoms with Gasteiger partial charge in [-0.15, -0.1) is 0 Å². The largest absolute Gasteiger partial charge is 0.479 e. The summed E-state index contributed by atoms with van der Waals surface area (Å²) < 4.78 is 10.1. The minimum Gasteiger partial charge on any atom is -0.479 e. The summed E-state index contributed by atoms with van der Waals surface area (Å²) in [5.41, 5.74) is 0.892. The molecule has 0 unspecified atom stereocenters. The quantitative estimate of drug-likeness (QED) is 0.853. The molecule has 0 bridgehead atoms. The van der Waals surface area contributed by atoms with Crippen molar-refractivity contribution in [2.75, 3.05) is 6.61 Å². The van der Waals surface area contributed by atoms with E-state index in [1.807, 2.05) is 30.3 Å². The Labute approximate surface area is 110 Å². The molecule has 0 saturated carbocycles. The second kappa shape index (κ2) is 6.19. The SMILES string of the molecule is O=C(N[C@@H]1CO[C@H](C(=O)O)C1)OCc1ccccc1. The van der Waals surface area contributed by atoms with E-state index in [1.54, 1.807) is 0 Å². The number of carbonyl (C=O) groups excluding carboxylic acids is 1. The normalized spacial score (nSPS) is 21.9. The maximum absolute atomic E-state index is 11.5. The number of amides is 1. The third-order valence-electron chi connectivity index (χ3n) is 2.81. The van der Waals surface area contributed by atoms with Crippen molar-refractivity contribution in [2.45, 2.75) is 25.2 Å². The minimum absolute atomic E-state index is 0.183. The lowest BCUT2D eigenvalue weighted by Gasteiger charge is -2.11. The number of ether oxygens (including phenoxy) is 2. The van der Waals surface area contributed by atoms with Crippen LogP contribution >= 0.6 is 0 Å². The fourth-order valence-electron chi connectivity index (χ4n) is 1.83. The van der Waals surface area contributed by atoms with Crippen LogP contribution in [-0.2, 0) is 20.9 Å². The number of carboxylic acid groups (broad SMARTS) is 1. The molecular formula is C13H15NO5. The van der Waals surface area contributed by atoms with Crippen LogP contribution in [0.4, 0.5) is 4.79 Å². The van der Waals surface area contributed by atoms with Crippen molar-refractivity contribution in [3.8, 4) is 0 Å². The molecule has 102 valence electrons. The van der Waals surface area contributed by atoms with Crippen molar-refractivity contribution < 1.29 is 24.2 Å². The Bertz CT molecular complexity index is 448. The van der Waals surface area contributed by atoms with E-state index in [9.17, 15) is 9.59 Å². The van der Waals surface area contributed by atoms with E-state index in [0.29, 0.717) is 0 Å². The fraction of sp³-hybridized carbons (Fsp3) is 0.385. The smallest absolute Gasteiger partial charge is 0.407 e. The Kier molecular flexibility index (Phi) is 4.35. The molecule has 1 aliphatic rings. The topological polar surface area (TPSA) is 84.9 Å². The van der Waals surface area contributed by atoms with Gasteiger partial charge in [-0.1, -0.05) is 30.3 Å². The third-order valence-corrected chi connectivity index (χ3v) is 2.81. The molecule has 1 aromatic rings. The van der Waals surface area contributed by atoms with Gasteiger partial charge in [-0.25, -0.2) is 9.59 Å². The predicted molar refractivity (Wildman–Crippen MR) is 65.5 cm³/mol. The number of hydrogen-bond acceptors (Lipinski definition) is 4. The highest BCUT2D eigenvalue weighted by Crippen LogP contribution is 2.13. The number of aliphatic carboxylic acids is 1. The molecule has 6 heteroatoms. The van der Waals surface area contributed by atoms with Crippen molar-refractivity contribution in [2.24, 2.45) is 0 Å². The summed E-state index contributed by atoms with van der Waals surface area (Å²) in [6.07, 6.45) is -1.15. The highest BCUT2D eigenvalue weighted by atomic mass is 16.6. The number of carboxylic acids is 1. The summed E-state index contributed by atoms with van der Waals surface area (Å²) >= 11 is 0. The monoisotopic (exact) mass is 265 g/mol. The van der Waals surface area contributed by atoms with Crippen molar-refractivity contribution in [3.63, 3.8) is 0 Å². The summed E-state index contributed by atoms with van der Waals surface area (Å²) in [4.78, 5) is 22.2. The number of benzene rings is 1. The van der Waals surface area contributed by atoms with Gasteiger partial charge in [0, 0.05) is 6.42 Å². The fourth-order valence-corrected chi connectivity index (χ4v) is 1.83. The van der Waals surface area contributed by atoms with Crippen molar-refractivity contribution in [1.29, 1.82) is 0 Å². The zero-order valence-electron chi connectivity index (χ0n) is 10.2. The predicted octanol–water partition coefficient (Wildman–Crippen LogP) is 1.15. The molecule has 0 spiro atoms. The Morgan fingerprint density at radius 1 is 1.37 bits per heavy atom. The lowest BCUT2D eigenvalue weighted by atomic mass is 10.2. The summed E-state index contributed by atoms with van der Waals surface area (Å²) in [6.45, 7) is 0.375. The second-order valence-corrected chi connectivity index (χ2v) is 4.30. The Morgan fingerprint density at radius 3 is 2.74 bits per heavy atom. The third kappa shape index (κ3) is 3.96. The van der Waals surface area contributed by atoms with Crippen LogP contribution in [0.25, 0.3) is 0 Å². The van der Waals surface area contributed by atoms with Crippen molar-refractivity contribution in [3.05, 3.63) is 35.9 Å². The summed E-state index contributed by atoms with van der Waals surface area (Å²) in [5.74, 6) is -1.01. The molecule has 2 N–H and O–H groups in total. The highest BCUT2D eigenvalue weighted by Gasteiger charge is 2.31. The first-order valence-electron chi connectivity index (χ1n) is 5.97. The molecular weight excluding hydrogens is 250 g/mol. The standard InChI is InChI=1S/C13H15NO5/c15-12(16)11-6-10(8-18-11)14-13(17)19-7-9-4-2-1-3-5-9/h1-5,10-11H,6-8H2,(H,14,17)(H,15,16)/t10-,11-/m0/s1. The lowest BCUT2D eigenvalue weighted by Crippen LogP contribution is -2.36. The Balaban J connectivity index is 1.72. The van der Waals surface area contributed by atoms with E-state index < -0.39 is 18.2 Å². The van der Waals surface area contributed by atoms with Crippen LogP contribution < -0.4 is 5.32 Å². The van der Waals surface area contributed by atoms with Gasteiger partial charge in [0.25, 0.3) is 0 Å². The van der Waals surface area contributed by atoms with Crippen molar-refractivity contribution >= 4 is 12.1 Å². The van der Waals surface area contributed by atoms with Gasteiger partial charge < -0.3 is 19.9 Å². The summed E-state index contributed by atoms with van der Waals surface area (Å²) in [5, 5.41) is 11.3. The van der Waals surface area contributed by atoms with Crippen LogP contribution in [0.2, 0.25) is 0 Å². The molecule has 2 rings (SSSR count). The number of hydrogen-bond donors (Lipinski definition) is 2. The van der Waals surface area contributed by atoms with E-state index in [2.05, 4.69) is 5.32 Å². The van der Waals surface area contributed by atoms with Gasteiger partial charge in [0.1, 0.15) is 6.61 Å². The zero-order chi connectivity index (χ0) is 13.7.